The van der Waals surface area contributed by atoms with E-state index in [0.717, 1.165) is 28.6 Å². The molecule has 0 aliphatic carbocycles. The van der Waals surface area contributed by atoms with Crippen LogP contribution in [0.1, 0.15) is 40.1 Å². The smallest absolute Gasteiger partial charge is 0.416 e. The van der Waals surface area contributed by atoms with Crippen LogP contribution in [0.2, 0.25) is 5.15 Å². The number of alkyl halides is 3. The molecule has 0 aliphatic heterocycles. The number of fused-ring (bicyclic) bond motifs is 2. The molecule has 0 fully saturated rings. The van der Waals surface area contributed by atoms with Crippen molar-refractivity contribution < 1.29 is 27.1 Å². The van der Waals surface area contributed by atoms with Gasteiger partial charge in [-0.1, -0.05) is 11.6 Å². The van der Waals surface area contributed by atoms with Crippen LogP contribution in [0.25, 0.3) is 33.2 Å². The van der Waals surface area contributed by atoms with Gasteiger partial charge in [0.25, 0.3) is 0 Å². The van der Waals surface area contributed by atoms with E-state index < -0.39 is 29.2 Å². The number of halogens is 4. The summed E-state index contributed by atoms with van der Waals surface area (Å²) < 4.78 is 54.2. The molecule has 1 unspecified atom stereocenters. The van der Waals surface area contributed by atoms with Gasteiger partial charge in [-0.15, -0.1) is 0 Å². The van der Waals surface area contributed by atoms with Gasteiger partial charge >= 0.3 is 12.1 Å². The van der Waals surface area contributed by atoms with Crippen LogP contribution < -0.4 is 10.7 Å². The van der Waals surface area contributed by atoms with Gasteiger partial charge in [-0.2, -0.15) is 18.3 Å². The van der Waals surface area contributed by atoms with Crippen LogP contribution in [-0.2, 0) is 18.0 Å². The molecule has 206 valence electrons. The second-order valence-corrected chi connectivity index (χ2v) is 9.72. The first-order chi connectivity index (χ1) is 18.8. The van der Waals surface area contributed by atoms with Crippen molar-refractivity contribution in [2.45, 2.75) is 26.1 Å². The average molecular weight is 571 g/mol. The molecule has 3 heterocycles. The minimum Gasteiger partial charge on any atom is -0.464 e. The van der Waals surface area contributed by atoms with Gasteiger partial charge in [-0.3, -0.25) is 9.48 Å². The molecule has 5 aromatic rings. The largest absolute Gasteiger partial charge is 0.464 e. The minimum atomic E-state index is -4.73. The van der Waals surface area contributed by atoms with Crippen molar-refractivity contribution in [2.24, 2.45) is 7.05 Å². The maximum absolute atomic E-state index is 13.9. The summed E-state index contributed by atoms with van der Waals surface area (Å²) >= 11 is 5.94. The Kier molecular flexibility index (Phi) is 6.79. The van der Waals surface area contributed by atoms with Crippen molar-refractivity contribution in [3.05, 3.63) is 86.4 Å². The topological polar surface area (TPSA) is 99.2 Å². The van der Waals surface area contributed by atoms with Crippen LogP contribution in [0.3, 0.4) is 0 Å². The lowest BCUT2D eigenvalue weighted by atomic mass is 9.99. The van der Waals surface area contributed by atoms with E-state index in [2.05, 4.69) is 15.4 Å². The van der Waals surface area contributed by atoms with Gasteiger partial charge in [0, 0.05) is 35.8 Å². The Morgan fingerprint density at radius 3 is 2.62 bits per heavy atom. The molecular formula is C28H22ClF3N4O4. The van der Waals surface area contributed by atoms with Gasteiger partial charge in [0.2, 0.25) is 0 Å². The molecule has 0 amide bonds. The minimum absolute atomic E-state index is 0.0269. The van der Waals surface area contributed by atoms with E-state index in [-0.39, 0.29) is 38.8 Å². The molecule has 40 heavy (non-hydrogen) atoms. The Balaban J connectivity index is 1.70. The zero-order valence-corrected chi connectivity index (χ0v) is 22.4. The predicted octanol–water partition coefficient (Wildman–Crippen LogP) is 6.68. The number of rotatable bonds is 5. The second kappa shape index (κ2) is 9.98. The van der Waals surface area contributed by atoms with Crippen LogP contribution in [-0.4, -0.2) is 27.8 Å². The molecule has 0 radical (unpaired) electrons. The fourth-order valence-electron chi connectivity index (χ4n) is 4.60. The fraction of sp³-hybridized carbons (Fsp3) is 0.214. The average Bonchev–Trinajstić information content (AvgIpc) is 3.28. The van der Waals surface area contributed by atoms with E-state index in [1.165, 1.54) is 25.3 Å². The number of aromatic nitrogens is 3. The van der Waals surface area contributed by atoms with E-state index in [4.69, 9.17) is 20.8 Å². The lowest BCUT2D eigenvalue weighted by Gasteiger charge is -2.20. The Morgan fingerprint density at radius 2 is 1.93 bits per heavy atom. The molecule has 12 heteroatoms. The molecular weight excluding hydrogens is 549 g/mol. The van der Waals surface area contributed by atoms with Gasteiger partial charge in [-0.05, 0) is 55.8 Å². The number of benzene rings is 2. The Hall–Kier alpha value is -4.38. The molecule has 3 aromatic heterocycles. The summed E-state index contributed by atoms with van der Waals surface area (Å²) in [7, 11) is 2.95. The number of nitrogens with zero attached hydrogens (tertiary/aromatic N) is 3. The standard InChI is InChI=1S/C28H22ClF3N4O4/c1-13-7-15(8-16-12-36(3)35-24(13)16)22-11-21(37)19-10-17(28(30,31)32)9-18(26(19)40-22)14(2)33-20-5-6-23(29)34-25(20)27(38)39-4/h5-12,14,33H,1-4H3. The Labute approximate surface area is 230 Å². The number of carbonyl (C=O) groups is 1. The molecule has 5 rings (SSSR count). The third kappa shape index (κ3) is 5.00. The third-order valence-electron chi connectivity index (χ3n) is 6.46. The maximum atomic E-state index is 13.9. The highest BCUT2D eigenvalue weighted by Gasteiger charge is 2.33. The Morgan fingerprint density at radius 1 is 1.18 bits per heavy atom. The summed E-state index contributed by atoms with van der Waals surface area (Å²) in [6, 6.07) is 8.48. The summed E-state index contributed by atoms with van der Waals surface area (Å²) in [5.41, 5.74) is 0.575. The van der Waals surface area contributed by atoms with Crippen LogP contribution in [0.15, 0.2) is 57.9 Å². The number of ether oxygens (including phenoxy) is 1. The van der Waals surface area contributed by atoms with Crippen molar-refractivity contribution in [2.75, 3.05) is 12.4 Å². The molecule has 1 N–H and O–H groups in total. The van der Waals surface area contributed by atoms with E-state index in [1.807, 2.05) is 13.1 Å². The van der Waals surface area contributed by atoms with Crippen molar-refractivity contribution in [1.82, 2.24) is 14.8 Å². The summed E-state index contributed by atoms with van der Waals surface area (Å²) in [4.78, 5) is 29.5. The molecule has 0 saturated carbocycles. The number of methoxy groups -OCH3 is 1. The molecule has 2 aromatic carbocycles. The number of hydrogen-bond acceptors (Lipinski definition) is 7. The number of hydrogen-bond donors (Lipinski definition) is 1. The fourth-order valence-corrected chi connectivity index (χ4v) is 4.75. The van der Waals surface area contributed by atoms with Gasteiger partial charge in [0.1, 0.15) is 16.5 Å². The number of pyridine rings is 1. The van der Waals surface area contributed by atoms with E-state index in [9.17, 15) is 22.8 Å². The maximum Gasteiger partial charge on any atom is 0.416 e. The van der Waals surface area contributed by atoms with Crippen molar-refractivity contribution >= 4 is 45.1 Å². The van der Waals surface area contributed by atoms with E-state index >= 15 is 0 Å². The lowest BCUT2D eigenvalue weighted by molar-refractivity contribution is -0.137. The van der Waals surface area contributed by atoms with E-state index in [1.54, 1.807) is 30.8 Å². The zero-order valence-electron chi connectivity index (χ0n) is 21.7. The summed E-state index contributed by atoms with van der Waals surface area (Å²) in [5.74, 6) is -0.607. The highest BCUT2D eigenvalue weighted by atomic mass is 35.5. The number of anilines is 1. The normalized spacial score (nSPS) is 12.6. The molecule has 0 aliphatic rings. The number of aryl methyl sites for hydroxylation is 2. The molecule has 8 nitrogen and oxygen atoms in total. The summed E-state index contributed by atoms with van der Waals surface area (Å²) in [6.45, 7) is 3.44. The van der Waals surface area contributed by atoms with Gasteiger partial charge < -0.3 is 14.5 Å². The lowest BCUT2D eigenvalue weighted by Crippen LogP contribution is -2.16. The first-order valence-corrected chi connectivity index (χ1v) is 12.4. The monoisotopic (exact) mass is 570 g/mol. The highest BCUT2D eigenvalue weighted by Crippen LogP contribution is 2.37. The number of esters is 1. The van der Waals surface area contributed by atoms with Crippen LogP contribution in [0, 0.1) is 6.92 Å². The van der Waals surface area contributed by atoms with Crippen LogP contribution >= 0.6 is 11.6 Å². The van der Waals surface area contributed by atoms with Crippen LogP contribution in [0.5, 0.6) is 0 Å². The van der Waals surface area contributed by atoms with Gasteiger partial charge in [-0.25, -0.2) is 9.78 Å². The predicted molar refractivity (Wildman–Crippen MR) is 145 cm³/mol. The molecule has 0 spiro atoms. The van der Waals surface area contributed by atoms with Gasteiger partial charge in [0.15, 0.2) is 11.1 Å². The first kappa shape index (κ1) is 27.2. The molecule has 0 bridgehead atoms. The summed E-state index contributed by atoms with van der Waals surface area (Å²) in [6.07, 6.45) is -2.91. The number of carbonyl (C=O) groups excluding carboxylic acids is 1. The zero-order chi connectivity index (χ0) is 28.9. The van der Waals surface area contributed by atoms with Crippen molar-refractivity contribution in [3.8, 4) is 11.3 Å². The van der Waals surface area contributed by atoms with Crippen molar-refractivity contribution in [3.63, 3.8) is 0 Å². The quantitative estimate of drug-likeness (QED) is 0.186. The third-order valence-corrected chi connectivity index (χ3v) is 6.67. The van der Waals surface area contributed by atoms with E-state index in [0.29, 0.717) is 5.56 Å². The second-order valence-electron chi connectivity index (χ2n) is 9.34. The van der Waals surface area contributed by atoms with Gasteiger partial charge in [0.05, 0.1) is 35.3 Å². The van der Waals surface area contributed by atoms with Crippen molar-refractivity contribution in [1.29, 1.82) is 0 Å². The van der Waals surface area contributed by atoms with Crippen LogP contribution in [0.4, 0.5) is 18.9 Å². The molecule has 1 atom stereocenters. The Bertz CT molecular complexity index is 1860. The summed E-state index contributed by atoms with van der Waals surface area (Å²) in [5, 5.41) is 8.02. The SMILES string of the molecule is COC(=O)c1nc(Cl)ccc1NC(C)c1cc(C(F)(F)F)cc2c(=O)cc(-c3cc(C)c4nn(C)cc4c3)oc12. The number of nitrogens with one attached hydrogen (secondary N) is 1. The molecule has 0 saturated heterocycles. The first-order valence-electron chi connectivity index (χ1n) is 12.0. The highest BCUT2D eigenvalue weighted by molar-refractivity contribution is 6.29.